The second-order valence-electron chi connectivity index (χ2n) is 6.84. The highest BCUT2D eigenvalue weighted by molar-refractivity contribution is 7.99. The van der Waals surface area contributed by atoms with Crippen LogP contribution in [0.15, 0.2) is 60.3 Å². The molecule has 0 radical (unpaired) electrons. The summed E-state index contributed by atoms with van der Waals surface area (Å²) in [7, 11) is 1.60. The predicted octanol–water partition coefficient (Wildman–Crippen LogP) is 4.40. The molecule has 3 aromatic rings. The van der Waals surface area contributed by atoms with E-state index in [2.05, 4.69) is 22.1 Å². The fourth-order valence-corrected chi connectivity index (χ4v) is 3.81. The average molecular weight is 439 g/mol. The van der Waals surface area contributed by atoms with E-state index >= 15 is 0 Å². The van der Waals surface area contributed by atoms with E-state index in [-0.39, 0.29) is 18.3 Å². The number of hydrogen-bond acceptors (Lipinski definition) is 6. The highest BCUT2D eigenvalue weighted by Gasteiger charge is 2.15. The van der Waals surface area contributed by atoms with Crippen molar-refractivity contribution < 1.29 is 14.3 Å². The van der Waals surface area contributed by atoms with Gasteiger partial charge in [-0.05, 0) is 37.1 Å². The highest BCUT2D eigenvalue weighted by atomic mass is 32.2. The Hall–Kier alpha value is -3.26. The second-order valence-corrected chi connectivity index (χ2v) is 7.78. The fraction of sp³-hybridized carbons (Fsp3) is 0.261. The minimum absolute atomic E-state index is 0.0950. The van der Waals surface area contributed by atoms with Gasteiger partial charge in [0.15, 0.2) is 22.5 Å². The predicted molar refractivity (Wildman–Crippen MR) is 123 cm³/mol. The van der Waals surface area contributed by atoms with Crippen LogP contribution in [-0.4, -0.2) is 33.5 Å². The molecule has 1 amide bonds. The third kappa shape index (κ3) is 5.67. The molecular weight excluding hydrogens is 412 g/mol. The normalized spacial score (nSPS) is 10.5. The number of allylic oxidation sites excluding steroid dienone is 1. The van der Waals surface area contributed by atoms with E-state index < -0.39 is 0 Å². The van der Waals surface area contributed by atoms with Crippen molar-refractivity contribution in [2.75, 3.05) is 18.2 Å². The lowest BCUT2D eigenvalue weighted by atomic mass is 10.1. The third-order valence-corrected chi connectivity index (χ3v) is 5.58. The first-order valence-electron chi connectivity index (χ1n) is 9.81. The van der Waals surface area contributed by atoms with Gasteiger partial charge in [-0.3, -0.25) is 9.36 Å². The molecule has 0 saturated carbocycles. The zero-order valence-corrected chi connectivity index (χ0v) is 18.7. The summed E-state index contributed by atoms with van der Waals surface area (Å²) in [5.41, 5.74) is 2.92. The zero-order valence-electron chi connectivity index (χ0n) is 17.9. The molecule has 162 valence electrons. The summed E-state index contributed by atoms with van der Waals surface area (Å²) in [6, 6.07) is 13.4. The van der Waals surface area contributed by atoms with Gasteiger partial charge in [0, 0.05) is 12.2 Å². The molecule has 0 bridgehead atoms. The maximum absolute atomic E-state index is 12.5. The summed E-state index contributed by atoms with van der Waals surface area (Å²) in [5.74, 6) is 2.04. The van der Waals surface area contributed by atoms with E-state index in [9.17, 15) is 4.79 Å². The number of methoxy groups -OCH3 is 1. The maximum atomic E-state index is 12.5. The Kier molecular flexibility index (Phi) is 7.72. The number of anilines is 1. The number of hydrogen-bond donors (Lipinski definition) is 1. The molecule has 7 nitrogen and oxygen atoms in total. The molecule has 8 heteroatoms. The van der Waals surface area contributed by atoms with Crippen molar-refractivity contribution in [2.45, 2.75) is 32.2 Å². The number of aryl methyl sites for hydroxylation is 2. The molecule has 0 aliphatic carbocycles. The van der Waals surface area contributed by atoms with E-state index in [4.69, 9.17) is 9.47 Å². The standard InChI is InChI=1S/C23H26N4O3S/c1-5-13-27-20(14-30-19-12-7-6-11-18(19)29-4)25-26-23(27)31-15-21(28)24-22-16(2)9-8-10-17(22)3/h5-12H,1,13-15H2,2-4H3,(H,24,28). The minimum atomic E-state index is -0.0950. The first-order chi connectivity index (χ1) is 15.0. The van der Waals surface area contributed by atoms with Crippen LogP contribution in [0, 0.1) is 13.8 Å². The van der Waals surface area contributed by atoms with Crippen LogP contribution in [0.1, 0.15) is 17.0 Å². The lowest BCUT2D eigenvalue weighted by Crippen LogP contribution is -2.16. The molecule has 31 heavy (non-hydrogen) atoms. The number of nitrogens with zero attached hydrogens (tertiary/aromatic N) is 3. The fourth-order valence-electron chi connectivity index (χ4n) is 3.04. The van der Waals surface area contributed by atoms with Crippen LogP contribution in [0.25, 0.3) is 0 Å². The van der Waals surface area contributed by atoms with Gasteiger partial charge in [0.1, 0.15) is 6.61 Å². The number of amides is 1. The first kappa shape index (κ1) is 22.4. The van der Waals surface area contributed by atoms with Gasteiger partial charge in [0.25, 0.3) is 0 Å². The molecule has 3 rings (SSSR count). The smallest absolute Gasteiger partial charge is 0.234 e. The van der Waals surface area contributed by atoms with Crippen LogP contribution in [0.4, 0.5) is 5.69 Å². The molecule has 1 heterocycles. The summed E-state index contributed by atoms with van der Waals surface area (Å²) in [4.78, 5) is 12.5. The summed E-state index contributed by atoms with van der Waals surface area (Å²) >= 11 is 1.33. The Morgan fingerprint density at radius 1 is 1.13 bits per heavy atom. The van der Waals surface area contributed by atoms with Crippen LogP contribution >= 0.6 is 11.8 Å². The van der Waals surface area contributed by atoms with Crippen molar-refractivity contribution in [2.24, 2.45) is 0 Å². The number of aromatic nitrogens is 3. The monoisotopic (exact) mass is 438 g/mol. The lowest BCUT2D eigenvalue weighted by molar-refractivity contribution is -0.113. The Morgan fingerprint density at radius 2 is 1.84 bits per heavy atom. The van der Waals surface area contributed by atoms with Gasteiger partial charge < -0.3 is 14.8 Å². The van der Waals surface area contributed by atoms with Crippen LogP contribution in [0.2, 0.25) is 0 Å². The summed E-state index contributed by atoms with van der Waals surface area (Å²) in [6.07, 6.45) is 1.76. The van der Waals surface area contributed by atoms with E-state index in [1.807, 2.05) is 60.9 Å². The number of rotatable bonds is 10. The van der Waals surface area contributed by atoms with Gasteiger partial charge in [-0.15, -0.1) is 16.8 Å². The van der Waals surface area contributed by atoms with Crippen LogP contribution < -0.4 is 14.8 Å². The van der Waals surface area contributed by atoms with Crippen LogP contribution in [0.5, 0.6) is 11.5 Å². The number of carbonyl (C=O) groups is 1. The molecule has 0 aliphatic heterocycles. The van der Waals surface area contributed by atoms with Crippen molar-refractivity contribution in [3.8, 4) is 11.5 Å². The maximum Gasteiger partial charge on any atom is 0.234 e. The highest BCUT2D eigenvalue weighted by Crippen LogP contribution is 2.27. The van der Waals surface area contributed by atoms with Gasteiger partial charge in [0.2, 0.25) is 5.91 Å². The Balaban J connectivity index is 1.66. The molecule has 0 unspecified atom stereocenters. The lowest BCUT2D eigenvalue weighted by Gasteiger charge is -2.12. The molecule has 0 fully saturated rings. The zero-order chi connectivity index (χ0) is 22.2. The van der Waals surface area contributed by atoms with Gasteiger partial charge in [-0.25, -0.2) is 0 Å². The number of para-hydroxylation sites is 3. The number of benzene rings is 2. The molecule has 0 aliphatic rings. The van der Waals surface area contributed by atoms with E-state index in [0.29, 0.717) is 29.0 Å². The Labute approximate surface area is 186 Å². The van der Waals surface area contributed by atoms with Crippen molar-refractivity contribution in [1.29, 1.82) is 0 Å². The molecule has 0 spiro atoms. The number of ether oxygens (including phenoxy) is 2. The minimum Gasteiger partial charge on any atom is -0.493 e. The summed E-state index contributed by atoms with van der Waals surface area (Å²) in [5, 5.41) is 12.1. The second kappa shape index (κ2) is 10.7. The van der Waals surface area contributed by atoms with Crippen molar-refractivity contribution in [3.63, 3.8) is 0 Å². The third-order valence-electron chi connectivity index (χ3n) is 4.61. The Bertz CT molecular complexity index is 1040. The van der Waals surface area contributed by atoms with Crippen molar-refractivity contribution in [1.82, 2.24) is 14.8 Å². The largest absolute Gasteiger partial charge is 0.493 e. The van der Waals surface area contributed by atoms with E-state index in [1.54, 1.807) is 13.2 Å². The summed E-state index contributed by atoms with van der Waals surface area (Å²) < 4.78 is 13.1. The number of nitrogens with one attached hydrogen (secondary N) is 1. The van der Waals surface area contributed by atoms with Gasteiger partial charge in [-0.2, -0.15) is 0 Å². The molecule has 0 atom stereocenters. The average Bonchev–Trinajstić information content (AvgIpc) is 3.15. The van der Waals surface area contributed by atoms with Gasteiger partial charge >= 0.3 is 0 Å². The Morgan fingerprint density at radius 3 is 2.52 bits per heavy atom. The van der Waals surface area contributed by atoms with Gasteiger partial charge in [-0.1, -0.05) is 48.2 Å². The van der Waals surface area contributed by atoms with Crippen molar-refractivity contribution in [3.05, 3.63) is 72.1 Å². The summed E-state index contributed by atoms with van der Waals surface area (Å²) in [6.45, 7) is 8.49. The molecule has 1 aromatic heterocycles. The first-order valence-corrected chi connectivity index (χ1v) is 10.8. The van der Waals surface area contributed by atoms with Crippen LogP contribution in [-0.2, 0) is 17.9 Å². The van der Waals surface area contributed by atoms with Crippen LogP contribution in [0.3, 0.4) is 0 Å². The number of carbonyl (C=O) groups excluding carboxylic acids is 1. The topological polar surface area (TPSA) is 78.3 Å². The van der Waals surface area contributed by atoms with Crippen molar-refractivity contribution >= 4 is 23.4 Å². The number of thioether (sulfide) groups is 1. The quantitative estimate of drug-likeness (QED) is 0.373. The molecule has 1 N–H and O–H groups in total. The van der Waals surface area contributed by atoms with E-state index in [1.165, 1.54) is 11.8 Å². The van der Waals surface area contributed by atoms with Gasteiger partial charge in [0.05, 0.1) is 12.9 Å². The molecular formula is C23H26N4O3S. The molecule has 2 aromatic carbocycles. The molecule has 0 saturated heterocycles. The SMILES string of the molecule is C=CCn1c(COc2ccccc2OC)nnc1SCC(=O)Nc1c(C)cccc1C. The van der Waals surface area contributed by atoms with E-state index in [0.717, 1.165) is 16.8 Å².